The third-order valence-electron chi connectivity index (χ3n) is 4.36. The lowest BCUT2D eigenvalue weighted by atomic mass is 10.1. The van der Waals surface area contributed by atoms with Gasteiger partial charge in [-0.25, -0.2) is 0 Å². The van der Waals surface area contributed by atoms with Crippen LogP contribution in [-0.4, -0.2) is 98.9 Å². The molecule has 2 aliphatic heterocycles. The van der Waals surface area contributed by atoms with E-state index in [1.807, 2.05) is 14.1 Å². The van der Waals surface area contributed by atoms with Crippen LogP contribution >= 0.6 is 0 Å². The van der Waals surface area contributed by atoms with Crippen LogP contribution in [0, 0.1) is 0 Å². The zero-order valence-electron chi connectivity index (χ0n) is 15.4. The van der Waals surface area contributed by atoms with Crippen molar-refractivity contribution in [3.63, 3.8) is 0 Å². The molecule has 2 aliphatic rings. The smallest absolute Gasteiger partial charge is 0.236 e. The van der Waals surface area contributed by atoms with Crippen LogP contribution in [0.5, 0.6) is 0 Å². The maximum absolute atomic E-state index is 11.3. The predicted octanol–water partition coefficient (Wildman–Crippen LogP) is 0.731. The molecule has 0 atom stereocenters. The monoisotopic (exact) mass is 326 g/mol. The first-order valence-electron chi connectivity index (χ1n) is 8.75. The molecule has 2 amide bonds. The molecule has 0 radical (unpaired) electrons. The van der Waals surface area contributed by atoms with Gasteiger partial charge < -0.3 is 9.80 Å². The summed E-state index contributed by atoms with van der Waals surface area (Å²) < 4.78 is 0. The van der Waals surface area contributed by atoms with Gasteiger partial charge in [-0.1, -0.05) is 6.42 Å². The number of hydrogen-bond acceptors (Lipinski definition) is 4. The number of carbonyl (C=O) groups excluding carboxylic acids is 2. The van der Waals surface area contributed by atoms with Gasteiger partial charge in [-0.2, -0.15) is 0 Å². The molecule has 0 unspecified atom stereocenters. The van der Waals surface area contributed by atoms with E-state index in [1.54, 1.807) is 23.9 Å². The Morgan fingerprint density at radius 1 is 0.652 bits per heavy atom. The number of hydrogen-bond donors (Lipinski definition) is 0. The van der Waals surface area contributed by atoms with E-state index in [0.29, 0.717) is 13.1 Å². The van der Waals surface area contributed by atoms with Crippen molar-refractivity contribution in [2.75, 3.05) is 67.5 Å². The summed E-state index contributed by atoms with van der Waals surface area (Å²) in [5.41, 5.74) is 0. The second-order valence-electron chi connectivity index (χ2n) is 6.90. The highest BCUT2D eigenvalue weighted by Gasteiger charge is 2.15. The van der Waals surface area contributed by atoms with Gasteiger partial charge >= 0.3 is 0 Å². The van der Waals surface area contributed by atoms with Crippen LogP contribution in [0.15, 0.2) is 0 Å². The van der Waals surface area contributed by atoms with Crippen LogP contribution in [0.4, 0.5) is 0 Å². The van der Waals surface area contributed by atoms with Crippen LogP contribution in [0.25, 0.3) is 0 Å². The van der Waals surface area contributed by atoms with E-state index in [0.717, 1.165) is 26.2 Å². The maximum atomic E-state index is 11.3. The van der Waals surface area contributed by atoms with Crippen molar-refractivity contribution < 1.29 is 9.59 Å². The van der Waals surface area contributed by atoms with E-state index in [4.69, 9.17) is 0 Å². The fourth-order valence-electron chi connectivity index (χ4n) is 2.72. The molecule has 0 aromatic rings. The van der Waals surface area contributed by atoms with Gasteiger partial charge in [-0.15, -0.1) is 0 Å². The van der Waals surface area contributed by atoms with E-state index in [2.05, 4.69) is 9.80 Å². The van der Waals surface area contributed by atoms with Crippen LogP contribution in [0.1, 0.15) is 32.1 Å². The topological polar surface area (TPSA) is 47.1 Å². The number of likely N-dealkylation sites (N-methyl/N-ethyl adjacent to an activating group) is 2. The molecule has 0 saturated carbocycles. The van der Waals surface area contributed by atoms with Crippen molar-refractivity contribution in [2.24, 2.45) is 0 Å². The molecule has 2 heterocycles. The van der Waals surface area contributed by atoms with Crippen molar-refractivity contribution >= 4 is 11.8 Å². The Bertz CT molecular complexity index is 360. The molecule has 2 saturated heterocycles. The van der Waals surface area contributed by atoms with E-state index >= 15 is 0 Å². The largest absolute Gasteiger partial charge is 0.348 e. The zero-order valence-corrected chi connectivity index (χ0v) is 15.4. The first kappa shape index (κ1) is 19.9. The van der Waals surface area contributed by atoms with Gasteiger partial charge in [-0.3, -0.25) is 19.4 Å². The number of likely N-dealkylation sites (tertiary alicyclic amines) is 2. The van der Waals surface area contributed by atoms with Crippen molar-refractivity contribution in [3.8, 4) is 0 Å². The summed E-state index contributed by atoms with van der Waals surface area (Å²) in [7, 11) is 7.23. The molecule has 6 heteroatoms. The summed E-state index contributed by atoms with van der Waals surface area (Å²) in [6, 6.07) is 0. The minimum absolute atomic E-state index is 0.215. The Morgan fingerprint density at radius 3 is 1.26 bits per heavy atom. The number of carbonyl (C=O) groups is 2. The number of piperidine rings is 1. The van der Waals surface area contributed by atoms with Crippen molar-refractivity contribution in [1.82, 2.24) is 19.6 Å². The fourth-order valence-corrected chi connectivity index (χ4v) is 2.72. The van der Waals surface area contributed by atoms with Crippen LogP contribution in [0.3, 0.4) is 0 Å². The Balaban J connectivity index is 0.000000231. The lowest BCUT2D eigenvalue weighted by Gasteiger charge is -2.26. The van der Waals surface area contributed by atoms with E-state index in [1.165, 1.54) is 32.1 Å². The van der Waals surface area contributed by atoms with Gasteiger partial charge in [0.1, 0.15) is 0 Å². The quantitative estimate of drug-likeness (QED) is 0.764. The minimum atomic E-state index is 0.215. The third-order valence-corrected chi connectivity index (χ3v) is 4.36. The van der Waals surface area contributed by atoms with E-state index in [-0.39, 0.29) is 11.8 Å². The molecule has 0 aliphatic carbocycles. The SMILES string of the molecule is CN(C)C(=O)CN1CCCC1.CN(C)C(=O)CN1CCCCC1. The van der Waals surface area contributed by atoms with Crippen LogP contribution < -0.4 is 0 Å². The van der Waals surface area contributed by atoms with Gasteiger partial charge in [0, 0.05) is 28.2 Å². The predicted molar refractivity (Wildman–Crippen MR) is 93.4 cm³/mol. The zero-order chi connectivity index (χ0) is 17.2. The summed E-state index contributed by atoms with van der Waals surface area (Å²) in [5.74, 6) is 0.434. The summed E-state index contributed by atoms with van der Waals surface area (Å²) >= 11 is 0. The summed E-state index contributed by atoms with van der Waals surface area (Å²) in [5, 5.41) is 0. The Labute approximate surface area is 141 Å². The number of nitrogens with zero attached hydrogens (tertiary/aromatic N) is 4. The molecule has 0 N–H and O–H groups in total. The summed E-state index contributed by atoms with van der Waals surface area (Å²) in [4.78, 5) is 30.2. The second kappa shape index (κ2) is 10.6. The molecule has 134 valence electrons. The Hall–Kier alpha value is -1.14. The van der Waals surface area contributed by atoms with Crippen molar-refractivity contribution in [1.29, 1.82) is 0 Å². The maximum Gasteiger partial charge on any atom is 0.236 e. The van der Waals surface area contributed by atoms with Crippen LogP contribution in [-0.2, 0) is 9.59 Å². The first-order valence-corrected chi connectivity index (χ1v) is 8.75. The average molecular weight is 326 g/mol. The summed E-state index contributed by atoms with van der Waals surface area (Å²) in [6.45, 7) is 5.60. The van der Waals surface area contributed by atoms with Gasteiger partial charge in [-0.05, 0) is 51.9 Å². The van der Waals surface area contributed by atoms with E-state index in [9.17, 15) is 9.59 Å². The first-order chi connectivity index (χ1) is 10.9. The second-order valence-corrected chi connectivity index (χ2v) is 6.90. The highest BCUT2D eigenvalue weighted by molar-refractivity contribution is 5.78. The van der Waals surface area contributed by atoms with Crippen molar-refractivity contribution in [3.05, 3.63) is 0 Å². The number of amides is 2. The molecule has 0 spiro atoms. The van der Waals surface area contributed by atoms with E-state index < -0.39 is 0 Å². The van der Waals surface area contributed by atoms with Gasteiger partial charge in [0.2, 0.25) is 11.8 Å². The molecule has 2 fully saturated rings. The number of rotatable bonds is 4. The Kier molecular flexibility index (Phi) is 9.17. The minimum Gasteiger partial charge on any atom is -0.348 e. The normalized spacial score (nSPS) is 19.0. The Morgan fingerprint density at radius 2 is 0.957 bits per heavy atom. The van der Waals surface area contributed by atoms with Gasteiger partial charge in [0.15, 0.2) is 0 Å². The molecule has 2 rings (SSSR count). The molecule has 23 heavy (non-hydrogen) atoms. The molecule has 6 nitrogen and oxygen atoms in total. The molecule has 0 aromatic carbocycles. The molecular formula is C17H34N4O2. The highest BCUT2D eigenvalue weighted by Crippen LogP contribution is 2.08. The molecule has 0 bridgehead atoms. The van der Waals surface area contributed by atoms with Gasteiger partial charge in [0.05, 0.1) is 13.1 Å². The third kappa shape index (κ3) is 8.32. The van der Waals surface area contributed by atoms with Crippen molar-refractivity contribution in [2.45, 2.75) is 32.1 Å². The average Bonchev–Trinajstić information content (AvgIpc) is 3.01. The van der Waals surface area contributed by atoms with Crippen LogP contribution in [0.2, 0.25) is 0 Å². The molecule has 0 aromatic heterocycles. The lowest BCUT2D eigenvalue weighted by molar-refractivity contribution is -0.130. The fraction of sp³-hybridized carbons (Fsp3) is 0.882. The lowest BCUT2D eigenvalue weighted by Crippen LogP contribution is -2.39. The standard InChI is InChI=1S/C9H18N2O.C8H16N2O/c1-10(2)9(12)8-11-6-4-3-5-7-11;1-9(2)8(11)7-10-5-3-4-6-10/h3-8H2,1-2H3;3-7H2,1-2H3. The van der Waals surface area contributed by atoms with Gasteiger partial charge in [0.25, 0.3) is 0 Å². The highest BCUT2D eigenvalue weighted by atomic mass is 16.2. The molecular weight excluding hydrogens is 292 g/mol. The summed E-state index contributed by atoms with van der Waals surface area (Å²) in [6.07, 6.45) is 6.33.